The molecule has 0 aliphatic carbocycles. The minimum atomic E-state index is -1.35. The van der Waals surface area contributed by atoms with Crippen molar-refractivity contribution in [3.05, 3.63) is 0 Å². The maximum atomic E-state index is 12.0. The zero-order chi connectivity index (χ0) is 7.78. The molecule has 0 aromatic heterocycles. The van der Waals surface area contributed by atoms with Gasteiger partial charge in [-0.05, 0) is 6.92 Å². The predicted molar refractivity (Wildman–Crippen MR) is 31.1 cm³/mol. The van der Waals surface area contributed by atoms with Crippen molar-refractivity contribution in [1.82, 2.24) is 10.6 Å². The molecule has 0 radical (unpaired) electrons. The lowest BCUT2D eigenvalue weighted by molar-refractivity contribution is -0.123. The van der Waals surface area contributed by atoms with Gasteiger partial charge in [-0.25, -0.2) is 9.18 Å². The Morgan fingerprint density at radius 2 is 2.20 bits per heavy atom. The molecule has 1 aliphatic heterocycles. The molecule has 1 saturated heterocycles. The van der Waals surface area contributed by atoms with Crippen LogP contribution in [0.2, 0.25) is 0 Å². The van der Waals surface area contributed by atoms with Crippen molar-refractivity contribution < 1.29 is 14.0 Å². The number of carbonyl (C=O) groups excluding carboxylic acids is 2. The third-order valence-electron chi connectivity index (χ3n) is 1.38. The summed E-state index contributed by atoms with van der Waals surface area (Å²) in [6.45, 7) is 0.442. The molecule has 0 unspecified atom stereocenters. The van der Waals surface area contributed by atoms with Crippen LogP contribution in [0.5, 0.6) is 0 Å². The Labute approximate surface area is 56.8 Å². The van der Waals surface area contributed by atoms with Crippen molar-refractivity contribution >= 4 is 11.9 Å². The molecule has 1 atom stereocenters. The van der Waals surface area contributed by atoms with E-state index in [-0.39, 0.29) is 0 Å². The van der Waals surface area contributed by atoms with E-state index in [4.69, 9.17) is 0 Å². The molecule has 2 N–H and O–H groups in total. The summed E-state index contributed by atoms with van der Waals surface area (Å²) < 4.78 is 12.0. The maximum Gasteiger partial charge on any atom is 0.322 e. The van der Waals surface area contributed by atoms with E-state index in [2.05, 4.69) is 5.32 Å². The summed E-state index contributed by atoms with van der Waals surface area (Å²) in [4.78, 5) is 21.1. The van der Waals surface area contributed by atoms with E-state index in [9.17, 15) is 14.0 Å². The Hall–Kier alpha value is -1.13. The van der Waals surface area contributed by atoms with Gasteiger partial charge in [0.1, 0.15) is 12.2 Å². The van der Waals surface area contributed by atoms with E-state index in [0.717, 1.165) is 0 Å². The molecule has 1 fully saturated rings. The number of alkyl halides is 1. The lowest BCUT2D eigenvalue weighted by atomic mass is 10.1. The first-order chi connectivity index (χ1) is 4.58. The van der Waals surface area contributed by atoms with Crippen LogP contribution in [0.15, 0.2) is 0 Å². The lowest BCUT2D eigenvalue weighted by Crippen LogP contribution is -2.45. The summed E-state index contributed by atoms with van der Waals surface area (Å²) in [6.07, 6.45) is 0. The number of hydrogen-bond acceptors (Lipinski definition) is 2. The monoisotopic (exact) mass is 146 g/mol. The van der Waals surface area contributed by atoms with Crippen LogP contribution in [0.1, 0.15) is 6.92 Å². The largest absolute Gasteiger partial charge is 0.322 e. The van der Waals surface area contributed by atoms with Crippen LogP contribution in [-0.4, -0.2) is 24.2 Å². The van der Waals surface area contributed by atoms with Crippen molar-refractivity contribution in [1.29, 1.82) is 0 Å². The predicted octanol–water partition coefficient (Wildman–Crippen LogP) is -0.446. The van der Waals surface area contributed by atoms with E-state index in [0.29, 0.717) is 0 Å². The van der Waals surface area contributed by atoms with Gasteiger partial charge in [-0.2, -0.15) is 0 Å². The van der Waals surface area contributed by atoms with Gasteiger partial charge < -0.3 is 5.32 Å². The molecule has 4 nitrogen and oxygen atoms in total. The Morgan fingerprint density at radius 3 is 2.40 bits per heavy atom. The fraction of sp³-hybridized carbons (Fsp3) is 0.600. The SMILES string of the molecule is C[C@]1(CF)NC(=O)NC1=O. The van der Waals surface area contributed by atoms with E-state index in [1.54, 1.807) is 0 Å². The van der Waals surface area contributed by atoms with Crippen molar-refractivity contribution in [2.75, 3.05) is 6.67 Å². The third-order valence-corrected chi connectivity index (χ3v) is 1.38. The molecule has 1 heterocycles. The van der Waals surface area contributed by atoms with Crippen molar-refractivity contribution in [3.63, 3.8) is 0 Å². The molecule has 56 valence electrons. The quantitative estimate of drug-likeness (QED) is 0.492. The van der Waals surface area contributed by atoms with E-state index in [1.807, 2.05) is 5.32 Å². The van der Waals surface area contributed by atoms with E-state index >= 15 is 0 Å². The summed E-state index contributed by atoms with van der Waals surface area (Å²) in [5.41, 5.74) is -1.35. The van der Waals surface area contributed by atoms with Gasteiger partial charge >= 0.3 is 6.03 Å². The van der Waals surface area contributed by atoms with Gasteiger partial charge in [0.05, 0.1) is 0 Å². The van der Waals surface area contributed by atoms with Crippen LogP contribution >= 0.6 is 0 Å². The van der Waals surface area contributed by atoms with Crippen molar-refractivity contribution in [3.8, 4) is 0 Å². The maximum absolute atomic E-state index is 12.0. The van der Waals surface area contributed by atoms with Gasteiger partial charge in [0, 0.05) is 0 Å². The van der Waals surface area contributed by atoms with Gasteiger partial charge in [0.2, 0.25) is 0 Å². The topological polar surface area (TPSA) is 58.2 Å². The summed E-state index contributed by atoms with van der Waals surface area (Å²) >= 11 is 0. The molecular formula is C5H7FN2O2. The highest BCUT2D eigenvalue weighted by Gasteiger charge is 2.41. The molecule has 0 aromatic carbocycles. The van der Waals surface area contributed by atoms with Gasteiger partial charge in [-0.1, -0.05) is 0 Å². The first-order valence-corrected chi connectivity index (χ1v) is 2.78. The van der Waals surface area contributed by atoms with Gasteiger partial charge in [0.25, 0.3) is 5.91 Å². The third kappa shape index (κ3) is 0.832. The Bertz CT molecular complexity index is 194. The molecule has 1 rings (SSSR count). The average molecular weight is 146 g/mol. The first kappa shape index (κ1) is 6.98. The highest BCUT2D eigenvalue weighted by Crippen LogP contribution is 2.08. The standard InChI is InChI=1S/C5H7FN2O2/c1-5(2-6)3(9)7-4(10)8-5/h2H2,1H3,(H2,7,8,9,10)/t5-/m1/s1. The number of nitrogens with one attached hydrogen (secondary N) is 2. The molecule has 5 heteroatoms. The molecule has 0 aromatic rings. The Balaban J connectivity index is 2.80. The van der Waals surface area contributed by atoms with Gasteiger partial charge in [-0.15, -0.1) is 0 Å². The minimum absolute atomic E-state index is 0.611. The number of urea groups is 1. The van der Waals surface area contributed by atoms with Crippen LogP contribution in [0, 0.1) is 0 Å². The lowest BCUT2D eigenvalue weighted by Gasteiger charge is -2.14. The number of hydrogen-bond donors (Lipinski definition) is 2. The zero-order valence-corrected chi connectivity index (χ0v) is 5.40. The van der Waals surface area contributed by atoms with Crippen molar-refractivity contribution in [2.24, 2.45) is 0 Å². The number of carbonyl (C=O) groups is 2. The highest BCUT2D eigenvalue weighted by molar-refractivity contribution is 6.06. The smallest absolute Gasteiger partial charge is 0.321 e. The number of halogens is 1. The van der Waals surface area contributed by atoms with Gasteiger partial charge in [-0.3, -0.25) is 10.1 Å². The average Bonchev–Trinajstić information content (AvgIpc) is 2.09. The molecule has 3 amide bonds. The normalized spacial score (nSPS) is 31.8. The molecule has 1 aliphatic rings. The summed E-state index contributed by atoms with van der Waals surface area (Å²) in [5.74, 6) is -0.611. The summed E-state index contributed by atoms with van der Waals surface area (Å²) in [5, 5.41) is 4.08. The second-order valence-electron chi connectivity index (χ2n) is 2.37. The number of rotatable bonds is 1. The van der Waals surface area contributed by atoms with Gasteiger partial charge in [0.15, 0.2) is 0 Å². The fourth-order valence-corrected chi connectivity index (χ4v) is 0.674. The van der Waals surface area contributed by atoms with Crippen LogP contribution in [0.4, 0.5) is 9.18 Å². The number of amides is 3. The molecule has 0 saturated carbocycles. The van der Waals surface area contributed by atoms with E-state index in [1.165, 1.54) is 6.92 Å². The minimum Gasteiger partial charge on any atom is -0.321 e. The first-order valence-electron chi connectivity index (χ1n) is 2.78. The van der Waals surface area contributed by atoms with E-state index < -0.39 is 24.2 Å². The summed E-state index contributed by atoms with van der Waals surface area (Å²) in [7, 11) is 0. The van der Waals surface area contributed by atoms with Crippen molar-refractivity contribution in [2.45, 2.75) is 12.5 Å². The molecule has 0 spiro atoms. The Kier molecular flexibility index (Phi) is 1.35. The van der Waals surface area contributed by atoms with Crippen LogP contribution in [-0.2, 0) is 4.79 Å². The second-order valence-corrected chi connectivity index (χ2v) is 2.37. The van der Waals surface area contributed by atoms with Crippen LogP contribution in [0.25, 0.3) is 0 Å². The molecule has 10 heavy (non-hydrogen) atoms. The zero-order valence-electron chi connectivity index (χ0n) is 5.40. The number of imide groups is 1. The highest BCUT2D eigenvalue weighted by atomic mass is 19.1. The van der Waals surface area contributed by atoms with Crippen LogP contribution in [0.3, 0.4) is 0 Å². The Morgan fingerprint density at radius 1 is 1.60 bits per heavy atom. The molecule has 0 bridgehead atoms. The summed E-state index contributed by atoms with van der Waals surface area (Å²) in [6, 6.07) is -0.634. The van der Waals surface area contributed by atoms with Crippen LogP contribution < -0.4 is 10.6 Å². The second kappa shape index (κ2) is 1.93. The fourth-order valence-electron chi connectivity index (χ4n) is 0.674. The molecular weight excluding hydrogens is 139 g/mol.